The van der Waals surface area contributed by atoms with Gasteiger partial charge in [0.25, 0.3) is 0 Å². The first-order valence-electron chi connectivity index (χ1n) is 7.31. The molecule has 1 rings (SSSR count). The summed E-state index contributed by atoms with van der Waals surface area (Å²) in [7, 11) is 0. The minimum atomic E-state index is -4.33. The number of rotatable bonds is 9. The van der Waals surface area contributed by atoms with Crippen molar-refractivity contribution in [2.24, 2.45) is 0 Å². The topological polar surface area (TPSA) is 9.23 Å². The van der Waals surface area contributed by atoms with E-state index in [9.17, 15) is 30.7 Å². The lowest BCUT2D eigenvalue weighted by Crippen LogP contribution is -2.10. The molecule has 0 aliphatic rings. The van der Waals surface area contributed by atoms with Gasteiger partial charge in [-0.25, -0.2) is 4.39 Å². The first-order valence-corrected chi connectivity index (χ1v) is 9.28. The summed E-state index contributed by atoms with van der Waals surface area (Å²) in [5.41, 5.74) is -3.87. The van der Waals surface area contributed by atoms with E-state index in [1.165, 1.54) is 13.0 Å². The Balaban J connectivity index is 2.42. The van der Waals surface area contributed by atoms with Gasteiger partial charge in [-0.1, -0.05) is 11.8 Å². The molecule has 144 valence electrons. The molecule has 1 nitrogen and oxygen atoms in total. The lowest BCUT2D eigenvalue weighted by molar-refractivity contribution is -0.105. The van der Waals surface area contributed by atoms with Crippen LogP contribution < -0.4 is 4.74 Å². The molecule has 0 unspecified atom stereocenters. The smallest absolute Gasteiger partial charge is 0.441 e. The van der Waals surface area contributed by atoms with E-state index in [1.807, 2.05) is 0 Å². The van der Waals surface area contributed by atoms with Gasteiger partial charge in [0.2, 0.25) is 0 Å². The third-order valence-electron chi connectivity index (χ3n) is 2.93. The summed E-state index contributed by atoms with van der Waals surface area (Å²) < 4.78 is 91.6. The van der Waals surface area contributed by atoms with E-state index in [2.05, 4.69) is 0 Å². The Morgan fingerprint density at radius 3 is 2.28 bits per heavy atom. The van der Waals surface area contributed by atoms with Gasteiger partial charge in [-0.3, -0.25) is 0 Å². The maximum atomic E-state index is 13.8. The van der Waals surface area contributed by atoms with E-state index in [0.717, 1.165) is 6.07 Å². The number of ether oxygens (including phenoxy) is 1. The molecule has 0 bridgehead atoms. The Bertz CT molecular complexity index is 544. The summed E-state index contributed by atoms with van der Waals surface area (Å²) >= 11 is 0.454. The molecule has 0 atom stereocenters. The summed E-state index contributed by atoms with van der Waals surface area (Å²) in [6, 6.07) is 2.33. The van der Waals surface area contributed by atoms with Gasteiger partial charge in [0.1, 0.15) is 0 Å². The van der Waals surface area contributed by atoms with Crippen LogP contribution in [0.2, 0.25) is 0 Å². The van der Waals surface area contributed by atoms with Crippen molar-refractivity contribution < 1.29 is 35.5 Å². The zero-order chi connectivity index (χ0) is 19.1. The lowest BCUT2D eigenvalue weighted by Gasteiger charge is -2.12. The van der Waals surface area contributed by atoms with Gasteiger partial charge < -0.3 is 4.74 Å². The first kappa shape index (κ1) is 22.3. The van der Waals surface area contributed by atoms with Crippen LogP contribution in [0.25, 0.3) is 0 Å². The highest BCUT2D eigenvalue weighted by Gasteiger charge is 2.28. The van der Waals surface area contributed by atoms with Crippen LogP contribution >= 0.6 is 23.5 Å². The lowest BCUT2D eigenvalue weighted by atomic mass is 10.2. The maximum absolute atomic E-state index is 13.8. The number of benzene rings is 1. The first-order chi connectivity index (χ1) is 11.5. The minimum absolute atomic E-state index is 0.0549. The van der Waals surface area contributed by atoms with Crippen LogP contribution in [0.15, 0.2) is 17.0 Å². The summed E-state index contributed by atoms with van der Waals surface area (Å²) in [4.78, 5) is 0.273. The number of hydrogen-bond acceptors (Lipinski definition) is 3. The van der Waals surface area contributed by atoms with Crippen LogP contribution in [0.5, 0.6) is 5.75 Å². The molecule has 0 spiro atoms. The second kappa shape index (κ2) is 9.80. The van der Waals surface area contributed by atoms with Gasteiger partial charge in [0.15, 0.2) is 11.6 Å². The van der Waals surface area contributed by atoms with Crippen molar-refractivity contribution in [3.05, 3.63) is 23.5 Å². The van der Waals surface area contributed by atoms with Gasteiger partial charge in [-0.2, -0.15) is 26.3 Å². The molecule has 10 heteroatoms. The molecule has 1 aromatic rings. The van der Waals surface area contributed by atoms with Crippen molar-refractivity contribution in [2.75, 3.05) is 18.1 Å². The Kier molecular flexibility index (Phi) is 8.73. The molecule has 0 saturated carbocycles. The van der Waals surface area contributed by atoms with Crippen molar-refractivity contribution in [3.8, 4) is 5.75 Å². The highest BCUT2D eigenvalue weighted by Crippen LogP contribution is 2.33. The van der Waals surface area contributed by atoms with Crippen LogP contribution in [-0.4, -0.2) is 29.8 Å². The van der Waals surface area contributed by atoms with Crippen molar-refractivity contribution >= 4 is 23.5 Å². The predicted molar refractivity (Wildman–Crippen MR) is 85.8 cm³/mol. The Hall–Kier alpha value is -0.770. The fourth-order valence-electron chi connectivity index (χ4n) is 1.81. The summed E-state index contributed by atoms with van der Waals surface area (Å²) in [5.74, 6) is -1.97. The van der Waals surface area contributed by atoms with Gasteiger partial charge in [-0.15, -0.1) is 11.8 Å². The second-order valence-electron chi connectivity index (χ2n) is 5.16. The molecule has 0 amide bonds. The number of thioether (sulfide) groups is 2. The summed E-state index contributed by atoms with van der Waals surface area (Å²) in [6.07, 6.45) is -3.08. The molecule has 0 fully saturated rings. The molecular formula is C15H17F7OS2. The Morgan fingerprint density at radius 2 is 1.68 bits per heavy atom. The molecule has 25 heavy (non-hydrogen) atoms. The van der Waals surface area contributed by atoms with Crippen molar-refractivity contribution in [1.82, 2.24) is 0 Å². The summed E-state index contributed by atoms with van der Waals surface area (Å²) in [6.45, 7) is 1.59. The third kappa shape index (κ3) is 10.1. The van der Waals surface area contributed by atoms with E-state index in [0.29, 0.717) is 36.6 Å². The number of halogens is 7. The number of aryl methyl sites for hydroxylation is 1. The number of hydrogen-bond donors (Lipinski definition) is 0. The molecule has 0 aliphatic heterocycles. The minimum Gasteiger partial charge on any atom is -0.490 e. The zero-order valence-corrected chi connectivity index (χ0v) is 14.9. The average Bonchev–Trinajstić information content (AvgIpc) is 2.45. The van der Waals surface area contributed by atoms with Crippen LogP contribution in [0, 0.1) is 12.7 Å². The predicted octanol–water partition coefficient (Wildman–Crippen LogP) is 6.59. The van der Waals surface area contributed by atoms with E-state index in [4.69, 9.17) is 4.74 Å². The Morgan fingerprint density at radius 1 is 1.00 bits per heavy atom. The quantitative estimate of drug-likeness (QED) is 0.258. The maximum Gasteiger partial charge on any atom is 0.441 e. The van der Waals surface area contributed by atoms with Gasteiger partial charge in [0, 0.05) is 10.6 Å². The zero-order valence-electron chi connectivity index (χ0n) is 13.3. The van der Waals surface area contributed by atoms with Crippen LogP contribution in [0.1, 0.15) is 24.8 Å². The Labute approximate surface area is 149 Å². The normalized spacial score (nSPS) is 12.5. The van der Waals surface area contributed by atoms with Gasteiger partial charge >= 0.3 is 11.7 Å². The SMILES string of the molecule is Cc1cc(F)c(OCCCCCSC(F)(F)F)cc1SCC(F)(F)F. The van der Waals surface area contributed by atoms with Gasteiger partial charge in [-0.05, 0) is 43.9 Å². The second-order valence-corrected chi connectivity index (χ2v) is 7.33. The van der Waals surface area contributed by atoms with E-state index in [-0.39, 0.29) is 34.8 Å². The van der Waals surface area contributed by atoms with Crippen LogP contribution in [-0.2, 0) is 0 Å². The fourth-order valence-corrected chi connectivity index (χ4v) is 3.19. The van der Waals surface area contributed by atoms with Crippen molar-refractivity contribution in [2.45, 2.75) is 42.8 Å². The van der Waals surface area contributed by atoms with Crippen LogP contribution in [0.3, 0.4) is 0 Å². The standard InChI is InChI=1S/C15H17F7OS2/c1-10-7-11(16)12(8-13(10)24-9-14(17,18)19)23-5-3-2-4-6-25-15(20,21)22/h7-8H,2-6,9H2,1H3. The third-order valence-corrected chi connectivity index (χ3v) is 4.98. The molecule has 0 aliphatic carbocycles. The number of unbranched alkanes of at least 4 members (excludes halogenated alkanes) is 2. The van der Waals surface area contributed by atoms with E-state index < -0.39 is 23.3 Å². The van der Waals surface area contributed by atoms with Crippen molar-refractivity contribution in [3.63, 3.8) is 0 Å². The summed E-state index contributed by atoms with van der Waals surface area (Å²) in [5, 5.41) is 0. The molecule has 0 N–H and O–H groups in total. The average molecular weight is 410 g/mol. The number of alkyl halides is 6. The van der Waals surface area contributed by atoms with E-state index >= 15 is 0 Å². The molecular weight excluding hydrogens is 393 g/mol. The fraction of sp³-hybridized carbons (Fsp3) is 0.600. The van der Waals surface area contributed by atoms with E-state index in [1.54, 1.807) is 0 Å². The van der Waals surface area contributed by atoms with Crippen LogP contribution in [0.4, 0.5) is 30.7 Å². The highest BCUT2D eigenvalue weighted by atomic mass is 32.2. The molecule has 0 heterocycles. The molecule has 0 radical (unpaired) electrons. The highest BCUT2D eigenvalue weighted by molar-refractivity contribution is 8.00. The monoisotopic (exact) mass is 410 g/mol. The molecule has 1 aromatic carbocycles. The van der Waals surface area contributed by atoms with Crippen molar-refractivity contribution in [1.29, 1.82) is 0 Å². The molecule has 0 aromatic heterocycles. The molecule has 0 saturated heterocycles. The largest absolute Gasteiger partial charge is 0.490 e. The van der Waals surface area contributed by atoms with Gasteiger partial charge in [0.05, 0.1) is 12.4 Å².